The fourth-order valence-corrected chi connectivity index (χ4v) is 1.58. The number of aliphatic carboxylic acids is 1. The van der Waals surface area contributed by atoms with Gasteiger partial charge in [-0.2, -0.15) is 0 Å². The Morgan fingerprint density at radius 3 is 3.12 bits per heavy atom. The van der Waals surface area contributed by atoms with E-state index in [0.717, 1.165) is 4.47 Å². The molecule has 5 nitrogen and oxygen atoms in total. The zero-order valence-corrected chi connectivity index (χ0v) is 9.73. The van der Waals surface area contributed by atoms with Crippen LogP contribution in [0.2, 0.25) is 0 Å². The summed E-state index contributed by atoms with van der Waals surface area (Å²) in [6, 6.07) is 5.45. The fraction of sp³-hybridized carbons (Fsp3) is 0.200. The molecule has 1 heterocycles. The average Bonchev–Trinajstić information content (AvgIpc) is 2.58. The van der Waals surface area contributed by atoms with Crippen LogP contribution in [0.25, 0.3) is 11.1 Å². The molecule has 16 heavy (non-hydrogen) atoms. The van der Waals surface area contributed by atoms with Crippen molar-refractivity contribution in [3.05, 3.63) is 28.6 Å². The highest BCUT2D eigenvalue weighted by Crippen LogP contribution is 2.20. The number of carboxylic acids is 1. The van der Waals surface area contributed by atoms with Gasteiger partial charge in [0.25, 0.3) is 0 Å². The molecule has 1 aromatic carbocycles. The van der Waals surface area contributed by atoms with Gasteiger partial charge in [0, 0.05) is 4.47 Å². The van der Waals surface area contributed by atoms with Crippen LogP contribution in [0.15, 0.2) is 27.1 Å². The second kappa shape index (κ2) is 4.63. The molecule has 0 radical (unpaired) electrons. The summed E-state index contributed by atoms with van der Waals surface area (Å²) < 4.78 is 11.1. The zero-order chi connectivity index (χ0) is 11.5. The van der Waals surface area contributed by atoms with E-state index in [1.54, 1.807) is 6.07 Å². The van der Waals surface area contributed by atoms with Crippen molar-refractivity contribution >= 4 is 33.0 Å². The van der Waals surface area contributed by atoms with E-state index in [0.29, 0.717) is 17.0 Å². The number of aromatic nitrogens is 1. The first-order chi connectivity index (χ1) is 7.65. The molecule has 0 saturated carbocycles. The summed E-state index contributed by atoms with van der Waals surface area (Å²) in [6.07, 6.45) is 0. The summed E-state index contributed by atoms with van der Waals surface area (Å²) in [6.45, 7) is -0.305. The van der Waals surface area contributed by atoms with Crippen molar-refractivity contribution in [2.45, 2.75) is 6.61 Å². The van der Waals surface area contributed by atoms with Crippen LogP contribution in [0, 0.1) is 0 Å². The Bertz CT molecular complexity index is 523. The number of fused-ring (bicyclic) bond motifs is 1. The third-order valence-corrected chi connectivity index (χ3v) is 2.34. The van der Waals surface area contributed by atoms with E-state index in [4.69, 9.17) is 14.3 Å². The number of hydrogen-bond donors (Lipinski definition) is 1. The molecule has 2 rings (SSSR count). The summed E-state index contributed by atoms with van der Waals surface area (Å²) in [4.78, 5) is 14.4. The molecule has 0 unspecified atom stereocenters. The highest BCUT2D eigenvalue weighted by atomic mass is 79.9. The van der Waals surface area contributed by atoms with Crippen LogP contribution in [0.5, 0.6) is 0 Å². The highest BCUT2D eigenvalue weighted by Gasteiger charge is 2.06. The second-order valence-corrected chi connectivity index (χ2v) is 4.02. The molecular formula is C10H8BrNO4. The number of nitrogens with zero attached hydrogens (tertiary/aromatic N) is 1. The number of hydrogen-bond acceptors (Lipinski definition) is 4. The Labute approximate surface area is 99.2 Å². The van der Waals surface area contributed by atoms with Gasteiger partial charge in [0.2, 0.25) is 5.89 Å². The summed E-state index contributed by atoms with van der Waals surface area (Å²) in [7, 11) is 0. The Kier molecular flexibility index (Phi) is 3.21. The molecule has 0 fully saturated rings. The SMILES string of the molecule is O=C(O)COCc1nc2cc(Br)ccc2o1. The maximum Gasteiger partial charge on any atom is 0.329 e. The van der Waals surface area contributed by atoms with Gasteiger partial charge in [0.05, 0.1) is 0 Å². The molecule has 0 aliphatic rings. The molecule has 0 aliphatic carbocycles. The van der Waals surface area contributed by atoms with Crippen molar-refractivity contribution in [1.29, 1.82) is 0 Å². The van der Waals surface area contributed by atoms with E-state index in [1.807, 2.05) is 12.1 Å². The molecule has 0 atom stereocenters. The Hall–Kier alpha value is -1.40. The van der Waals surface area contributed by atoms with Crippen molar-refractivity contribution in [3.63, 3.8) is 0 Å². The largest absolute Gasteiger partial charge is 0.480 e. The lowest BCUT2D eigenvalue weighted by Crippen LogP contribution is -2.06. The molecule has 0 amide bonds. The van der Waals surface area contributed by atoms with Crippen molar-refractivity contribution in [3.8, 4) is 0 Å². The van der Waals surface area contributed by atoms with Gasteiger partial charge in [0.1, 0.15) is 18.7 Å². The number of carbonyl (C=O) groups is 1. The quantitative estimate of drug-likeness (QED) is 0.932. The highest BCUT2D eigenvalue weighted by molar-refractivity contribution is 9.10. The van der Waals surface area contributed by atoms with E-state index in [9.17, 15) is 4.79 Å². The van der Waals surface area contributed by atoms with E-state index < -0.39 is 5.97 Å². The third-order valence-electron chi connectivity index (χ3n) is 1.84. The fourth-order valence-electron chi connectivity index (χ4n) is 1.24. The monoisotopic (exact) mass is 285 g/mol. The topological polar surface area (TPSA) is 72.6 Å². The van der Waals surface area contributed by atoms with Gasteiger partial charge in [-0.05, 0) is 18.2 Å². The first-order valence-corrected chi connectivity index (χ1v) is 5.29. The van der Waals surface area contributed by atoms with Crippen LogP contribution >= 0.6 is 15.9 Å². The maximum absolute atomic E-state index is 10.2. The smallest absolute Gasteiger partial charge is 0.329 e. The number of oxazole rings is 1. The minimum atomic E-state index is -1.01. The molecule has 0 bridgehead atoms. The van der Waals surface area contributed by atoms with Gasteiger partial charge < -0.3 is 14.3 Å². The molecule has 6 heteroatoms. The molecule has 0 aliphatic heterocycles. The summed E-state index contributed by atoms with van der Waals surface area (Å²) >= 11 is 3.32. The van der Waals surface area contributed by atoms with Crippen LogP contribution in [0.4, 0.5) is 0 Å². The number of halogens is 1. The molecule has 1 N–H and O–H groups in total. The predicted octanol–water partition coefficient (Wildman–Crippen LogP) is 2.19. The predicted molar refractivity (Wildman–Crippen MR) is 59.0 cm³/mol. The standard InChI is InChI=1S/C10H8BrNO4/c11-6-1-2-8-7(3-6)12-9(16-8)4-15-5-10(13)14/h1-3H,4-5H2,(H,13,14). The number of rotatable bonds is 4. The third kappa shape index (κ3) is 2.59. The molecule has 0 saturated heterocycles. The molecule has 0 spiro atoms. The molecule has 84 valence electrons. The van der Waals surface area contributed by atoms with Gasteiger partial charge in [0.15, 0.2) is 5.58 Å². The van der Waals surface area contributed by atoms with Gasteiger partial charge in [-0.1, -0.05) is 15.9 Å². The maximum atomic E-state index is 10.2. The lowest BCUT2D eigenvalue weighted by Gasteiger charge is -1.94. The molecule has 2 aromatic rings. The van der Waals surface area contributed by atoms with Crippen LogP contribution < -0.4 is 0 Å². The normalized spacial score (nSPS) is 10.8. The minimum absolute atomic E-state index is 0.0542. The second-order valence-electron chi connectivity index (χ2n) is 3.11. The number of ether oxygens (including phenoxy) is 1. The average molecular weight is 286 g/mol. The van der Waals surface area contributed by atoms with Crippen LogP contribution in [0.3, 0.4) is 0 Å². The molecular weight excluding hydrogens is 278 g/mol. The van der Waals surface area contributed by atoms with Gasteiger partial charge in [-0.15, -0.1) is 0 Å². The van der Waals surface area contributed by atoms with Crippen molar-refractivity contribution in [1.82, 2.24) is 4.98 Å². The van der Waals surface area contributed by atoms with Crippen LogP contribution in [-0.4, -0.2) is 22.7 Å². The van der Waals surface area contributed by atoms with E-state index in [-0.39, 0.29) is 13.2 Å². The van der Waals surface area contributed by atoms with Crippen molar-refractivity contribution in [2.24, 2.45) is 0 Å². The Morgan fingerprint density at radius 1 is 1.56 bits per heavy atom. The first kappa shape index (κ1) is 11.1. The van der Waals surface area contributed by atoms with Gasteiger partial charge >= 0.3 is 5.97 Å². The van der Waals surface area contributed by atoms with E-state index in [1.165, 1.54) is 0 Å². The Balaban J connectivity index is 2.10. The number of benzene rings is 1. The van der Waals surface area contributed by atoms with Crippen LogP contribution in [-0.2, 0) is 16.1 Å². The first-order valence-electron chi connectivity index (χ1n) is 4.49. The minimum Gasteiger partial charge on any atom is -0.480 e. The number of carboxylic acid groups (broad SMARTS) is 1. The zero-order valence-electron chi connectivity index (χ0n) is 8.14. The van der Waals surface area contributed by atoms with Gasteiger partial charge in [-0.25, -0.2) is 9.78 Å². The van der Waals surface area contributed by atoms with E-state index in [2.05, 4.69) is 20.9 Å². The van der Waals surface area contributed by atoms with Crippen molar-refractivity contribution in [2.75, 3.05) is 6.61 Å². The van der Waals surface area contributed by atoms with Crippen LogP contribution in [0.1, 0.15) is 5.89 Å². The lowest BCUT2D eigenvalue weighted by molar-refractivity contribution is -0.142. The van der Waals surface area contributed by atoms with E-state index >= 15 is 0 Å². The summed E-state index contributed by atoms with van der Waals surface area (Å²) in [5, 5.41) is 8.39. The Morgan fingerprint density at radius 2 is 2.38 bits per heavy atom. The van der Waals surface area contributed by atoms with Crippen molar-refractivity contribution < 1.29 is 19.1 Å². The summed E-state index contributed by atoms with van der Waals surface area (Å²) in [5.74, 6) is -0.645. The summed E-state index contributed by atoms with van der Waals surface area (Å²) in [5.41, 5.74) is 1.36. The lowest BCUT2D eigenvalue weighted by atomic mass is 10.3. The van der Waals surface area contributed by atoms with Gasteiger partial charge in [-0.3, -0.25) is 0 Å². The molecule has 1 aromatic heterocycles.